The molecule has 0 aromatic rings. The molecule has 2 aliphatic rings. The van der Waals surface area contributed by atoms with E-state index in [4.69, 9.17) is 9.47 Å². The van der Waals surface area contributed by atoms with Crippen LogP contribution in [0.15, 0.2) is 0 Å². The van der Waals surface area contributed by atoms with E-state index in [0.717, 1.165) is 39.1 Å². The largest absolute Gasteiger partial charge is 0.444 e. The standard InChI is InChI=1S/C13H24N2O3/c1-13(2,3)18-12(16)15-6-4-5-10(7-15)14-11-8-17-9-11/h10-11,14H,4-9H2,1-3H3/t10-/m1/s1. The Morgan fingerprint density at radius 1 is 1.33 bits per heavy atom. The van der Waals surface area contributed by atoms with Crippen molar-refractivity contribution in [1.82, 2.24) is 10.2 Å². The summed E-state index contributed by atoms with van der Waals surface area (Å²) >= 11 is 0. The Labute approximate surface area is 109 Å². The van der Waals surface area contributed by atoms with Crippen LogP contribution in [0.2, 0.25) is 0 Å². The van der Waals surface area contributed by atoms with Crippen molar-refractivity contribution in [2.24, 2.45) is 0 Å². The Morgan fingerprint density at radius 3 is 2.61 bits per heavy atom. The quantitative estimate of drug-likeness (QED) is 0.811. The predicted molar refractivity (Wildman–Crippen MR) is 68.6 cm³/mol. The van der Waals surface area contributed by atoms with Crippen LogP contribution in [0.5, 0.6) is 0 Å². The summed E-state index contributed by atoms with van der Waals surface area (Å²) in [5.74, 6) is 0. The minimum atomic E-state index is -0.417. The SMILES string of the molecule is CC(C)(C)OC(=O)N1CCC[C@@H](NC2COC2)C1. The topological polar surface area (TPSA) is 50.8 Å². The van der Waals surface area contributed by atoms with Crippen molar-refractivity contribution in [3.63, 3.8) is 0 Å². The van der Waals surface area contributed by atoms with E-state index in [0.29, 0.717) is 12.1 Å². The lowest BCUT2D eigenvalue weighted by molar-refractivity contribution is -0.0171. The first-order valence-electron chi connectivity index (χ1n) is 6.76. The van der Waals surface area contributed by atoms with E-state index in [1.54, 1.807) is 0 Å². The Hall–Kier alpha value is -0.810. The monoisotopic (exact) mass is 256 g/mol. The summed E-state index contributed by atoms with van der Waals surface area (Å²) in [6.45, 7) is 8.83. The van der Waals surface area contributed by atoms with Crippen LogP contribution in [0, 0.1) is 0 Å². The Morgan fingerprint density at radius 2 is 2.06 bits per heavy atom. The van der Waals surface area contributed by atoms with E-state index in [2.05, 4.69) is 5.32 Å². The molecule has 1 atom stereocenters. The molecule has 0 bridgehead atoms. The van der Waals surface area contributed by atoms with Crippen molar-refractivity contribution in [3.05, 3.63) is 0 Å². The van der Waals surface area contributed by atoms with Crippen molar-refractivity contribution in [1.29, 1.82) is 0 Å². The molecule has 2 rings (SSSR count). The van der Waals surface area contributed by atoms with Gasteiger partial charge in [0.1, 0.15) is 5.60 Å². The van der Waals surface area contributed by atoms with Gasteiger partial charge in [-0.2, -0.15) is 0 Å². The highest BCUT2D eigenvalue weighted by molar-refractivity contribution is 5.68. The molecule has 1 amide bonds. The molecule has 5 heteroatoms. The maximum atomic E-state index is 12.0. The summed E-state index contributed by atoms with van der Waals surface area (Å²) in [7, 11) is 0. The molecule has 0 aliphatic carbocycles. The van der Waals surface area contributed by atoms with E-state index in [1.165, 1.54) is 0 Å². The molecule has 1 N–H and O–H groups in total. The fourth-order valence-corrected chi connectivity index (χ4v) is 2.27. The molecule has 104 valence electrons. The number of hydrogen-bond donors (Lipinski definition) is 1. The zero-order valence-electron chi connectivity index (χ0n) is 11.6. The van der Waals surface area contributed by atoms with Crippen molar-refractivity contribution in [3.8, 4) is 0 Å². The van der Waals surface area contributed by atoms with Gasteiger partial charge in [-0.1, -0.05) is 0 Å². The van der Waals surface area contributed by atoms with Crippen LogP contribution < -0.4 is 5.32 Å². The number of carbonyl (C=O) groups excluding carboxylic acids is 1. The van der Waals surface area contributed by atoms with Gasteiger partial charge in [0.05, 0.1) is 19.3 Å². The van der Waals surface area contributed by atoms with Gasteiger partial charge < -0.3 is 19.7 Å². The molecule has 18 heavy (non-hydrogen) atoms. The van der Waals surface area contributed by atoms with Gasteiger partial charge in [-0.25, -0.2) is 4.79 Å². The molecule has 5 nitrogen and oxygen atoms in total. The van der Waals surface area contributed by atoms with Crippen LogP contribution in [0.4, 0.5) is 4.79 Å². The summed E-state index contributed by atoms with van der Waals surface area (Å²) in [6, 6.07) is 0.841. The second kappa shape index (κ2) is 5.45. The summed E-state index contributed by atoms with van der Waals surface area (Å²) in [5, 5.41) is 3.53. The number of likely N-dealkylation sites (tertiary alicyclic amines) is 1. The fraction of sp³-hybridized carbons (Fsp3) is 0.923. The van der Waals surface area contributed by atoms with Crippen molar-refractivity contribution >= 4 is 6.09 Å². The number of rotatable bonds is 2. The predicted octanol–water partition coefficient (Wildman–Crippen LogP) is 1.37. The van der Waals surface area contributed by atoms with Gasteiger partial charge in [0.15, 0.2) is 0 Å². The van der Waals surface area contributed by atoms with Crippen molar-refractivity contribution in [2.45, 2.75) is 51.3 Å². The Bertz CT molecular complexity index is 297. The van der Waals surface area contributed by atoms with Crippen LogP contribution >= 0.6 is 0 Å². The number of ether oxygens (including phenoxy) is 2. The molecule has 0 aromatic heterocycles. The zero-order valence-corrected chi connectivity index (χ0v) is 11.6. The number of hydrogen-bond acceptors (Lipinski definition) is 4. The maximum Gasteiger partial charge on any atom is 0.410 e. The summed E-state index contributed by atoms with van der Waals surface area (Å²) < 4.78 is 10.6. The third kappa shape index (κ3) is 3.85. The van der Waals surface area contributed by atoms with E-state index in [1.807, 2.05) is 25.7 Å². The van der Waals surface area contributed by atoms with Gasteiger partial charge in [-0.05, 0) is 33.6 Å². The van der Waals surface area contributed by atoms with Gasteiger partial charge in [0.25, 0.3) is 0 Å². The lowest BCUT2D eigenvalue weighted by Gasteiger charge is -2.38. The highest BCUT2D eigenvalue weighted by atomic mass is 16.6. The lowest BCUT2D eigenvalue weighted by atomic mass is 10.0. The van der Waals surface area contributed by atoms with Crippen LogP contribution in [0.1, 0.15) is 33.6 Å². The van der Waals surface area contributed by atoms with Gasteiger partial charge in [0.2, 0.25) is 0 Å². The summed E-state index contributed by atoms with van der Waals surface area (Å²) in [4.78, 5) is 13.8. The van der Waals surface area contributed by atoms with Gasteiger partial charge in [-0.15, -0.1) is 0 Å². The molecule has 2 aliphatic heterocycles. The van der Waals surface area contributed by atoms with Gasteiger partial charge in [0, 0.05) is 19.1 Å². The third-order valence-electron chi connectivity index (χ3n) is 3.18. The first-order valence-corrected chi connectivity index (χ1v) is 6.76. The Kier molecular flexibility index (Phi) is 4.12. The molecule has 2 heterocycles. The van der Waals surface area contributed by atoms with Crippen molar-refractivity contribution in [2.75, 3.05) is 26.3 Å². The second-order valence-electron chi connectivity index (χ2n) is 6.17. The van der Waals surface area contributed by atoms with Crippen LogP contribution in [-0.4, -0.2) is 55.0 Å². The smallest absolute Gasteiger partial charge is 0.410 e. The minimum Gasteiger partial charge on any atom is -0.444 e. The Balaban J connectivity index is 1.80. The molecule has 0 spiro atoms. The van der Waals surface area contributed by atoms with Crippen LogP contribution in [0.3, 0.4) is 0 Å². The third-order valence-corrected chi connectivity index (χ3v) is 3.18. The van der Waals surface area contributed by atoms with Crippen LogP contribution in [0.25, 0.3) is 0 Å². The molecule has 0 radical (unpaired) electrons. The zero-order chi connectivity index (χ0) is 13.2. The first kappa shape index (κ1) is 13.6. The van der Waals surface area contributed by atoms with Crippen LogP contribution in [-0.2, 0) is 9.47 Å². The highest BCUT2D eigenvalue weighted by Gasteiger charge is 2.30. The molecule has 2 fully saturated rings. The number of nitrogens with zero attached hydrogens (tertiary/aromatic N) is 1. The van der Waals surface area contributed by atoms with E-state index >= 15 is 0 Å². The second-order valence-corrected chi connectivity index (χ2v) is 6.17. The maximum absolute atomic E-state index is 12.0. The average molecular weight is 256 g/mol. The van der Waals surface area contributed by atoms with E-state index in [-0.39, 0.29) is 6.09 Å². The lowest BCUT2D eigenvalue weighted by Crippen LogP contribution is -2.56. The number of piperidine rings is 1. The molecule has 2 saturated heterocycles. The minimum absolute atomic E-state index is 0.196. The summed E-state index contributed by atoms with van der Waals surface area (Å²) in [6.07, 6.45) is 1.96. The molecule has 0 unspecified atom stereocenters. The fourth-order valence-electron chi connectivity index (χ4n) is 2.27. The number of carbonyl (C=O) groups is 1. The molecule has 0 aromatic carbocycles. The van der Waals surface area contributed by atoms with Crippen molar-refractivity contribution < 1.29 is 14.3 Å². The van der Waals surface area contributed by atoms with E-state index in [9.17, 15) is 4.79 Å². The normalized spacial score (nSPS) is 25.7. The number of nitrogens with one attached hydrogen (secondary N) is 1. The number of amides is 1. The molecular formula is C13H24N2O3. The summed E-state index contributed by atoms with van der Waals surface area (Å²) in [5.41, 5.74) is -0.417. The average Bonchev–Trinajstić information content (AvgIpc) is 2.22. The molecular weight excluding hydrogens is 232 g/mol. The van der Waals surface area contributed by atoms with Gasteiger partial charge in [-0.3, -0.25) is 0 Å². The highest BCUT2D eigenvalue weighted by Crippen LogP contribution is 2.16. The molecule has 0 saturated carbocycles. The van der Waals surface area contributed by atoms with E-state index < -0.39 is 5.60 Å². The first-order chi connectivity index (χ1) is 8.44. The van der Waals surface area contributed by atoms with Gasteiger partial charge >= 0.3 is 6.09 Å².